The monoisotopic (exact) mass is 427 g/mol. The molecule has 0 atom stereocenters. The van der Waals surface area contributed by atoms with Crippen LogP contribution in [0.2, 0.25) is 0 Å². The molecule has 2 aromatic carbocycles. The van der Waals surface area contributed by atoms with Crippen molar-refractivity contribution in [2.24, 2.45) is 0 Å². The first-order valence-corrected chi connectivity index (χ1v) is 9.23. The third-order valence-corrected chi connectivity index (χ3v) is 7.19. The molecule has 22 heavy (non-hydrogen) atoms. The van der Waals surface area contributed by atoms with Gasteiger partial charge in [-0.25, -0.2) is 12.7 Å². The van der Waals surface area contributed by atoms with E-state index in [4.69, 9.17) is 0 Å². The van der Waals surface area contributed by atoms with Crippen LogP contribution in [-0.4, -0.2) is 18.6 Å². The number of hydrogen-bond donors (Lipinski definition) is 0. The van der Waals surface area contributed by atoms with Crippen molar-refractivity contribution in [3.05, 3.63) is 63.2 Å². The highest BCUT2D eigenvalue weighted by Crippen LogP contribution is 2.41. The van der Waals surface area contributed by atoms with E-state index in [0.717, 1.165) is 9.87 Å². The maximum absolute atomic E-state index is 12.9. The van der Waals surface area contributed by atoms with Crippen molar-refractivity contribution in [2.45, 2.75) is 24.3 Å². The quantitative estimate of drug-likeness (QED) is 0.691. The first-order chi connectivity index (χ1) is 10.3. The maximum Gasteiger partial charge on any atom is 0.269 e. The third kappa shape index (κ3) is 2.08. The summed E-state index contributed by atoms with van der Waals surface area (Å²) in [7, 11) is -3.86. The predicted octanol–water partition coefficient (Wildman–Crippen LogP) is 3.37. The highest BCUT2D eigenvalue weighted by Gasteiger charge is 2.50. The molecule has 1 heterocycles. The molecule has 4 nitrogen and oxygen atoms in total. The molecule has 114 valence electrons. The van der Waals surface area contributed by atoms with Crippen LogP contribution < -0.4 is 0 Å². The van der Waals surface area contributed by atoms with Crippen LogP contribution in [0.5, 0.6) is 0 Å². The molecule has 1 aliphatic rings. The zero-order chi connectivity index (χ0) is 16.1. The van der Waals surface area contributed by atoms with E-state index in [0.29, 0.717) is 3.57 Å². The zero-order valence-corrected chi connectivity index (χ0v) is 15.1. The molecule has 1 amide bonds. The van der Waals surface area contributed by atoms with Gasteiger partial charge in [0, 0.05) is 3.57 Å². The Labute approximate surface area is 143 Å². The van der Waals surface area contributed by atoms with Crippen molar-refractivity contribution < 1.29 is 13.2 Å². The van der Waals surface area contributed by atoms with E-state index in [9.17, 15) is 13.2 Å². The van der Waals surface area contributed by atoms with Crippen molar-refractivity contribution in [1.29, 1.82) is 0 Å². The summed E-state index contributed by atoms with van der Waals surface area (Å²) in [5.74, 6) is -0.470. The van der Waals surface area contributed by atoms with Gasteiger partial charge >= 0.3 is 0 Å². The van der Waals surface area contributed by atoms with Crippen molar-refractivity contribution in [3.63, 3.8) is 0 Å². The average Bonchev–Trinajstić information content (AvgIpc) is 2.68. The molecule has 0 radical (unpaired) electrons. The molecule has 0 N–H and O–H groups in total. The van der Waals surface area contributed by atoms with E-state index in [1.165, 1.54) is 0 Å². The van der Waals surface area contributed by atoms with Gasteiger partial charge in [-0.15, -0.1) is 0 Å². The molecule has 2 aromatic rings. The van der Waals surface area contributed by atoms with Crippen LogP contribution >= 0.6 is 22.6 Å². The summed E-state index contributed by atoms with van der Waals surface area (Å²) in [6.07, 6.45) is 0. The van der Waals surface area contributed by atoms with Crippen molar-refractivity contribution in [3.8, 4) is 0 Å². The molecule has 0 unspecified atom stereocenters. The number of nitrogens with zero attached hydrogens (tertiary/aromatic N) is 1. The minimum absolute atomic E-state index is 0.115. The standard InChI is InChI=1S/C16H14INO3S/c1-16(2,11-7-4-3-5-8-11)18-15(19)12-9-6-10-13(17)14(12)22(18,20)21/h3-10H,1-2H3. The minimum Gasteiger partial charge on any atom is -0.268 e. The van der Waals surface area contributed by atoms with Gasteiger partial charge in [-0.3, -0.25) is 4.79 Å². The Morgan fingerprint density at radius 3 is 2.23 bits per heavy atom. The number of benzene rings is 2. The number of rotatable bonds is 2. The Morgan fingerprint density at radius 2 is 1.64 bits per heavy atom. The lowest BCUT2D eigenvalue weighted by Gasteiger charge is -2.34. The lowest BCUT2D eigenvalue weighted by Crippen LogP contribution is -2.45. The number of carbonyl (C=O) groups excluding carboxylic acids is 1. The molecule has 0 saturated carbocycles. The van der Waals surface area contributed by atoms with Gasteiger partial charge in [0.15, 0.2) is 0 Å². The number of fused-ring (bicyclic) bond motifs is 1. The summed E-state index contributed by atoms with van der Waals surface area (Å²) < 4.78 is 27.4. The first-order valence-electron chi connectivity index (χ1n) is 6.72. The smallest absolute Gasteiger partial charge is 0.268 e. The van der Waals surface area contributed by atoms with E-state index in [1.54, 1.807) is 32.0 Å². The Balaban J connectivity index is 2.23. The topological polar surface area (TPSA) is 54.5 Å². The molecule has 0 aliphatic carbocycles. The van der Waals surface area contributed by atoms with Crippen molar-refractivity contribution >= 4 is 38.5 Å². The molecule has 1 aliphatic heterocycles. The zero-order valence-electron chi connectivity index (χ0n) is 12.1. The van der Waals surface area contributed by atoms with Gasteiger partial charge in [-0.1, -0.05) is 36.4 Å². The van der Waals surface area contributed by atoms with E-state index in [2.05, 4.69) is 0 Å². The molecule has 3 rings (SSSR count). The van der Waals surface area contributed by atoms with Gasteiger partial charge in [0.05, 0.1) is 11.1 Å². The fourth-order valence-electron chi connectivity index (χ4n) is 2.77. The van der Waals surface area contributed by atoms with Gasteiger partial charge in [-0.2, -0.15) is 0 Å². The molecule has 0 aromatic heterocycles. The molecule has 6 heteroatoms. The molecule has 0 fully saturated rings. The highest BCUT2D eigenvalue weighted by atomic mass is 127. The number of halogens is 1. The van der Waals surface area contributed by atoms with Crippen LogP contribution in [0, 0.1) is 3.57 Å². The van der Waals surface area contributed by atoms with Gasteiger partial charge in [0.1, 0.15) is 4.90 Å². The van der Waals surface area contributed by atoms with E-state index in [-0.39, 0.29) is 10.5 Å². The summed E-state index contributed by atoms with van der Waals surface area (Å²) >= 11 is 1.96. The van der Waals surface area contributed by atoms with Gasteiger partial charge in [-0.05, 0) is 54.1 Å². The lowest BCUT2D eigenvalue weighted by molar-refractivity contribution is 0.0768. The second-order valence-electron chi connectivity index (χ2n) is 5.62. The van der Waals surface area contributed by atoms with Gasteiger partial charge < -0.3 is 0 Å². The molecular weight excluding hydrogens is 413 g/mol. The summed E-state index contributed by atoms with van der Waals surface area (Å²) in [6, 6.07) is 14.2. The summed E-state index contributed by atoms with van der Waals surface area (Å²) in [5.41, 5.74) is 0.0601. The normalized spacial score (nSPS) is 16.7. The van der Waals surface area contributed by atoms with Crippen LogP contribution in [0.3, 0.4) is 0 Å². The van der Waals surface area contributed by atoms with E-state index < -0.39 is 21.5 Å². The molecule has 0 saturated heterocycles. The van der Waals surface area contributed by atoms with Crippen LogP contribution in [0.4, 0.5) is 0 Å². The van der Waals surface area contributed by atoms with E-state index >= 15 is 0 Å². The number of amides is 1. The predicted molar refractivity (Wildman–Crippen MR) is 92.0 cm³/mol. The summed E-state index contributed by atoms with van der Waals surface area (Å²) in [4.78, 5) is 12.8. The van der Waals surface area contributed by atoms with E-state index in [1.807, 2.05) is 52.9 Å². The largest absolute Gasteiger partial charge is 0.269 e. The molecular formula is C16H14INO3S. The Kier molecular flexibility index (Phi) is 3.56. The second-order valence-corrected chi connectivity index (χ2v) is 8.50. The number of carbonyl (C=O) groups is 1. The average molecular weight is 427 g/mol. The van der Waals surface area contributed by atoms with Gasteiger partial charge in [0.2, 0.25) is 0 Å². The fraction of sp³-hybridized carbons (Fsp3) is 0.188. The lowest BCUT2D eigenvalue weighted by atomic mass is 9.94. The second kappa shape index (κ2) is 5.06. The Hall–Kier alpha value is -1.41. The minimum atomic E-state index is -3.86. The fourth-order valence-corrected chi connectivity index (χ4v) is 6.05. The maximum atomic E-state index is 12.9. The number of sulfonamides is 1. The Morgan fingerprint density at radius 1 is 1.00 bits per heavy atom. The first kappa shape index (κ1) is 15.5. The summed E-state index contributed by atoms with van der Waals surface area (Å²) in [6.45, 7) is 3.49. The van der Waals surface area contributed by atoms with Crippen molar-refractivity contribution in [1.82, 2.24) is 4.31 Å². The van der Waals surface area contributed by atoms with Crippen molar-refractivity contribution in [2.75, 3.05) is 0 Å². The van der Waals surface area contributed by atoms with Crippen LogP contribution in [-0.2, 0) is 15.6 Å². The van der Waals surface area contributed by atoms with Gasteiger partial charge in [0.25, 0.3) is 15.9 Å². The molecule has 0 spiro atoms. The van der Waals surface area contributed by atoms with Crippen LogP contribution in [0.1, 0.15) is 29.8 Å². The third-order valence-electron chi connectivity index (χ3n) is 3.87. The molecule has 0 bridgehead atoms. The Bertz CT molecular complexity index is 860. The van der Waals surface area contributed by atoms with Crippen LogP contribution in [0.15, 0.2) is 53.4 Å². The highest BCUT2D eigenvalue weighted by molar-refractivity contribution is 14.1. The number of hydrogen-bond acceptors (Lipinski definition) is 3. The SMILES string of the molecule is CC(C)(c1ccccc1)N1C(=O)c2cccc(I)c2S1(=O)=O. The summed E-state index contributed by atoms with van der Waals surface area (Å²) in [5, 5.41) is 0. The van der Waals surface area contributed by atoms with Crippen LogP contribution in [0.25, 0.3) is 0 Å².